The van der Waals surface area contributed by atoms with Crippen LogP contribution in [0, 0.1) is 0 Å². The Morgan fingerprint density at radius 1 is 0.800 bits per heavy atom. The molecular formula is C10H15O4P. The zero-order valence-corrected chi connectivity index (χ0v) is 10.4. The highest BCUT2D eigenvalue weighted by Crippen LogP contribution is 2.43. The van der Waals surface area contributed by atoms with E-state index in [1.54, 1.807) is 28.4 Å². The van der Waals surface area contributed by atoms with Gasteiger partial charge in [-0.2, -0.15) is 0 Å². The smallest absolute Gasteiger partial charge is 0.207 e. The molecule has 84 valence electrons. The van der Waals surface area contributed by atoms with Gasteiger partial charge in [-0.05, 0) is 6.07 Å². The maximum atomic E-state index is 5.24. The molecule has 0 amide bonds. The lowest BCUT2D eigenvalue weighted by atomic mass is 10.2. The molecule has 1 atom stereocenters. The molecule has 0 fully saturated rings. The molecule has 1 unspecified atom stereocenters. The quantitative estimate of drug-likeness (QED) is 0.729. The molecule has 1 rings (SSSR count). The van der Waals surface area contributed by atoms with Crippen LogP contribution in [0.15, 0.2) is 6.07 Å². The van der Waals surface area contributed by atoms with Crippen molar-refractivity contribution in [1.82, 2.24) is 0 Å². The minimum absolute atomic E-state index is 0.531. The Bertz CT molecular complexity index is 352. The monoisotopic (exact) mass is 230 g/mol. The maximum Gasteiger partial charge on any atom is 0.207 e. The van der Waals surface area contributed by atoms with Crippen molar-refractivity contribution in [2.24, 2.45) is 0 Å². The van der Waals surface area contributed by atoms with Crippen LogP contribution in [0.4, 0.5) is 0 Å². The zero-order chi connectivity index (χ0) is 11.4. The Hall–Kier alpha value is -1.15. The Morgan fingerprint density at radius 3 is 1.73 bits per heavy atom. The van der Waals surface area contributed by atoms with E-state index in [0.29, 0.717) is 23.0 Å². The van der Waals surface area contributed by atoms with E-state index in [0.717, 1.165) is 5.30 Å². The van der Waals surface area contributed by atoms with Crippen molar-refractivity contribution < 1.29 is 18.9 Å². The molecule has 0 aliphatic rings. The lowest BCUT2D eigenvalue weighted by Gasteiger charge is -2.16. The topological polar surface area (TPSA) is 36.9 Å². The molecule has 0 bridgehead atoms. The number of benzene rings is 1. The highest BCUT2D eigenvalue weighted by Gasteiger charge is 2.19. The lowest BCUT2D eigenvalue weighted by molar-refractivity contribution is 0.307. The maximum absolute atomic E-state index is 5.24. The first-order chi connectivity index (χ1) is 7.19. The largest absolute Gasteiger partial charge is 0.493 e. The SMILES string of the molecule is COc1cc(P)c(OC)c(OC)c1OC. The summed E-state index contributed by atoms with van der Waals surface area (Å²) < 4.78 is 20.9. The summed E-state index contributed by atoms with van der Waals surface area (Å²) in [4.78, 5) is 0. The summed E-state index contributed by atoms with van der Waals surface area (Å²) >= 11 is 0. The van der Waals surface area contributed by atoms with Gasteiger partial charge in [0.2, 0.25) is 11.5 Å². The van der Waals surface area contributed by atoms with Gasteiger partial charge >= 0.3 is 0 Å². The average molecular weight is 230 g/mol. The fourth-order valence-corrected chi connectivity index (χ4v) is 1.76. The highest BCUT2D eigenvalue weighted by atomic mass is 31.0. The fraction of sp³-hybridized carbons (Fsp3) is 0.400. The zero-order valence-electron chi connectivity index (χ0n) is 9.29. The van der Waals surface area contributed by atoms with Crippen molar-refractivity contribution in [1.29, 1.82) is 0 Å². The van der Waals surface area contributed by atoms with Crippen LogP contribution in [-0.4, -0.2) is 28.4 Å². The normalized spacial score (nSPS) is 9.67. The average Bonchev–Trinajstić information content (AvgIpc) is 2.27. The Morgan fingerprint density at radius 2 is 1.33 bits per heavy atom. The van der Waals surface area contributed by atoms with Gasteiger partial charge in [0.25, 0.3) is 0 Å². The van der Waals surface area contributed by atoms with Gasteiger partial charge in [-0.25, -0.2) is 0 Å². The van der Waals surface area contributed by atoms with Crippen molar-refractivity contribution in [2.45, 2.75) is 0 Å². The Labute approximate surface area is 91.7 Å². The van der Waals surface area contributed by atoms with E-state index in [4.69, 9.17) is 18.9 Å². The molecule has 0 saturated carbocycles. The molecular weight excluding hydrogens is 215 g/mol. The second-order valence-electron chi connectivity index (χ2n) is 2.77. The number of hydrogen-bond donors (Lipinski definition) is 0. The van der Waals surface area contributed by atoms with Gasteiger partial charge in [0.1, 0.15) is 0 Å². The molecule has 1 aromatic rings. The molecule has 0 N–H and O–H groups in total. The van der Waals surface area contributed by atoms with Crippen LogP contribution in [0.2, 0.25) is 0 Å². The summed E-state index contributed by atoms with van der Waals surface area (Å²) in [5.74, 6) is 2.30. The third-order valence-corrected chi connectivity index (χ3v) is 2.45. The first-order valence-corrected chi connectivity index (χ1v) is 4.89. The van der Waals surface area contributed by atoms with Gasteiger partial charge in [0.15, 0.2) is 11.5 Å². The Balaban J connectivity index is 3.44. The van der Waals surface area contributed by atoms with E-state index in [2.05, 4.69) is 9.24 Å². The van der Waals surface area contributed by atoms with Crippen LogP contribution in [0.1, 0.15) is 0 Å². The van der Waals surface area contributed by atoms with Gasteiger partial charge in [-0.15, -0.1) is 9.24 Å². The van der Waals surface area contributed by atoms with Gasteiger partial charge in [0, 0.05) is 5.30 Å². The van der Waals surface area contributed by atoms with Crippen LogP contribution in [-0.2, 0) is 0 Å². The molecule has 0 aliphatic heterocycles. The van der Waals surface area contributed by atoms with Crippen molar-refractivity contribution in [3.05, 3.63) is 6.07 Å². The molecule has 0 spiro atoms. The molecule has 0 heterocycles. The van der Waals surface area contributed by atoms with Crippen molar-refractivity contribution in [3.8, 4) is 23.0 Å². The lowest BCUT2D eigenvalue weighted by Crippen LogP contribution is -2.05. The molecule has 0 aliphatic carbocycles. The molecule has 0 radical (unpaired) electrons. The summed E-state index contributed by atoms with van der Waals surface area (Å²) in [6, 6.07) is 1.81. The van der Waals surface area contributed by atoms with Crippen LogP contribution < -0.4 is 24.3 Å². The summed E-state index contributed by atoms with van der Waals surface area (Å²) in [6.07, 6.45) is 0. The second kappa shape index (κ2) is 5.08. The van der Waals surface area contributed by atoms with Crippen LogP contribution in [0.5, 0.6) is 23.0 Å². The first kappa shape index (κ1) is 11.9. The first-order valence-electron chi connectivity index (χ1n) is 4.32. The summed E-state index contributed by atoms with van der Waals surface area (Å²) in [7, 11) is 8.84. The third kappa shape index (κ3) is 2.10. The molecule has 4 nitrogen and oxygen atoms in total. The fourth-order valence-electron chi connectivity index (χ4n) is 1.36. The molecule has 5 heteroatoms. The van der Waals surface area contributed by atoms with Gasteiger partial charge in [-0.1, -0.05) is 0 Å². The van der Waals surface area contributed by atoms with Crippen LogP contribution >= 0.6 is 9.24 Å². The predicted molar refractivity (Wildman–Crippen MR) is 62.0 cm³/mol. The minimum atomic E-state index is 0.531. The van der Waals surface area contributed by atoms with Crippen LogP contribution in [0.25, 0.3) is 0 Å². The number of hydrogen-bond acceptors (Lipinski definition) is 4. The van der Waals surface area contributed by atoms with E-state index in [1.165, 1.54) is 0 Å². The van der Waals surface area contributed by atoms with Gasteiger partial charge in [0.05, 0.1) is 28.4 Å². The molecule has 15 heavy (non-hydrogen) atoms. The van der Waals surface area contributed by atoms with Crippen molar-refractivity contribution in [2.75, 3.05) is 28.4 Å². The number of methoxy groups -OCH3 is 4. The van der Waals surface area contributed by atoms with E-state index < -0.39 is 0 Å². The minimum Gasteiger partial charge on any atom is -0.493 e. The second-order valence-corrected chi connectivity index (χ2v) is 3.39. The van der Waals surface area contributed by atoms with E-state index in [9.17, 15) is 0 Å². The highest BCUT2D eigenvalue weighted by molar-refractivity contribution is 7.27. The van der Waals surface area contributed by atoms with E-state index in [-0.39, 0.29) is 0 Å². The summed E-state index contributed by atoms with van der Waals surface area (Å²) in [6.45, 7) is 0. The predicted octanol–water partition coefficient (Wildman–Crippen LogP) is 1.22. The van der Waals surface area contributed by atoms with Crippen molar-refractivity contribution >= 4 is 14.5 Å². The molecule has 1 aromatic carbocycles. The number of ether oxygens (including phenoxy) is 4. The van der Waals surface area contributed by atoms with Gasteiger partial charge in [-0.3, -0.25) is 0 Å². The third-order valence-electron chi connectivity index (χ3n) is 2.02. The standard InChI is InChI=1S/C10H15O4P/c1-11-6-5-7(15)9(13-3)10(14-4)8(6)12-2/h5H,15H2,1-4H3. The van der Waals surface area contributed by atoms with Gasteiger partial charge < -0.3 is 18.9 Å². The molecule has 0 aromatic heterocycles. The summed E-state index contributed by atoms with van der Waals surface area (Å²) in [5.41, 5.74) is 0. The van der Waals surface area contributed by atoms with Crippen molar-refractivity contribution in [3.63, 3.8) is 0 Å². The van der Waals surface area contributed by atoms with Crippen LogP contribution in [0.3, 0.4) is 0 Å². The van der Waals surface area contributed by atoms with E-state index in [1.807, 2.05) is 6.07 Å². The number of rotatable bonds is 4. The molecule has 0 saturated heterocycles. The Kier molecular flexibility index (Phi) is 4.04. The van der Waals surface area contributed by atoms with E-state index >= 15 is 0 Å². The summed E-state index contributed by atoms with van der Waals surface area (Å²) in [5, 5.41) is 0.854.